The molecule has 0 unspecified atom stereocenters. The molecular formula is C24H19F2NO4. The molecular weight excluding hydrogens is 404 g/mol. The molecule has 0 aliphatic heterocycles. The molecule has 158 valence electrons. The summed E-state index contributed by atoms with van der Waals surface area (Å²) in [6, 6.07) is 14.5. The van der Waals surface area contributed by atoms with Crippen molar-refractivity contribution in [3.8, 4) is 0 Å². The molecule has 3 aromatic rings. The minimum absolute atomic E-state index is 0.0189. The van der Waals surface area contributed by atoms with E-state index >= 15 is 0 Å². The third-order valence-electron chi connectivity index (χ3n) is 4.57. The Hall–Kier alpha value is -3.87. The highest BCUT2D eigenvalue weighted by molar-refractivity contribution is 6.15. The van der Waals surface area contributed by atoms with Crippen molar-refractivity contribution in [2.24, 2.45) is 0 Å². The molecule has 0 spiro atoms. The number of aryl methyl sites for hydroxylation is 2. The summed E-state index contributed by atoms with van der Waals surface area (Å²) in [5.41, 5.74) is 2.34. The summed E-state index contributed by atoms with van der Waals surface area (Å²) < 4.78 is 31.2. The van der Waals surface area contributed by atoms with Gasteiger partial charge in [-0.3, -0.25) is 9.59 Å². The first-order chi connectivity index (χ1) is 14.8. The van der Waals surface area contributed by atoms with Crippen LogP contribution in [-0.2, 0) is 9.53 Å². The van der Waals surface area contributed by atoms with E-state index in [1.165, 1.54) is 18.2 Å². The molecule has 0 bridgehead atoms. The van der Waals surface area contributed by atoms with E-state index in [1.807, 2.05) is 19.1 Å². The Morgan fingerprint density at radius 3 is 2.26 bits per heavy atom. The Labute approximate surface area is 177 Å². The molecule has 1 N–H and O–H groups in total. The van der Waals surface area contributed by atoms with Crippen molar-refractivity contribution >= 4 is 23.3 Å². The van der Waals surface area contributed by atoms with Gasteiger partial charge >= 0.3 is 5.97 Å². The molecule has 0 saturated carbocycles. The fourth-order valence-corrected chi connectivity index (χ4v) is 2.96. The molecule has 0 aliphatic carbocycles. The highest BCUT2D eigenvalue weighted by atomic mass is 19.2. The summed E-state index contributed by atoms with van der Waals surface area (Å²) in [7, 11) is 0. The number of hydrogen-bond donors (Lipinski definition) is 1. The van der Waals surface area contributed by atoms with E-state index < -0.39 is 30.1 Å². The molecule has 0 atom stereocenters. The zero-order valence-electron chi connectivity index (χ0n) is 16.9. The Morgan fingerprint density at radius 1 is 0.839 bits per heavy atom. The third kappa shape index (κ3) is 5.19. The van der Waals surface area contributed by atoms with E-state index in [9.17, 15) is 23.2 Å². The van der Waals surface area contributed by atoms with E-state index in [2.05, 4.69) is 5.32 Å². The molecule has 0 aromatic heterocycles. The van der Waals surface area contributed by atoms with Crippen LogP contribution >= 0.6 is 0 Å². The van der Waals surface area contributed by atoms with Crippen LogP contribution in [0, 0.1) is 25.5 Å². The molecule has 0 saturated heterocycles. The van der Waals surface area contributed by atoms with E-state index in [0.717, 1.165) is 23.3 Å². The number of halogens is 2. The summed E-state index contributed by atoms with van der Waals surface area (Å²) in [5, 5.41) is 2.30. The minimum atomic E-state index is -1.12. The van der Waals surface area contributed by atoms with Crippen molar-refractivity contribution in [1.29, 1.82) is 0 Å². The second kappa shape index (κ2) is 9.30. The number of amides is 1. The molecule has 5 nitrogen and oxygen atoms in total. The van der Waals surface area contributed by atoms with E-state index in [1.54, 1.807) is 25.1 Å². The molecule has 0 aliphatic rings. The molecule has 7 heteroatoms. The van der Waals surface area contributed by atoms with Crippen LogP contribution in [0.25, 0.3) is 0 Å². The van der Waals surface area contributed by atoms with Gasteiger partial charge in [-0.25, -0.2) is 13.6 Å². The molecule has 0 heterocycles. The SMILES string of the molecule is Cc1ccc(C)c(C(=O)c2ccccc2C(=O)OCC(=O)Nc2ccc(F)c(F)c2)c1. The first kappa shape index (κ1) is 21.8. The smallest absolute Gasteiger partial charge is 0.339 e. The normalized spacial score (nSPS) is 10.5. The van der Waals surface area contributed by atoms with Crippen molar-refractivity contribution in [2.45, 2.75) is 13.8 Å². The van der Waals surface area contributed by atoms with Crippen LogP contribution in [0.15, 0.2) is 60.7 Å². The predicted octanol–water partition coefficient (Wildman–Crippen LogP) is 4.61. The number of ether oxygens (including phenoxy) is 1. The molecule has 3 rings (SSSR count). The fraction of sp³-hybridized carbons (Fsp3) is 0.125. The van der Waals surface area contributed by atoms with Gasteiger partial charge in [0.05, 0.1) is 5.56 Å². The third-order valence-corrected chi connectivity index (χ3v) is 4.57. The second-order valence-corrected chi connectivity index (χ2v) is 6.95. The van der Waals surface area contributed by atoms with Gasteiger partial charge in [-0.15, -0.1) is 0 Å². The van der Waals surface area contributed by atoms with Crippen molar-refractivity contribution in [1.82, 2.24) is 0 Å². The maximum absolute atomic E-state index is 13.2. The van der Waals surface area contributed by atoms with Crippen LogP contribution in [0.4, 0.5) is 14.5 Å². The van der Waals surface area contributed by atoms with E-state index in [0.29, 0.717) is 5.56 Å². The van der Waals surface area contributed by atoms with Gasteiger partial charge in [0.1, 0.15) is 0 Å². The van der Waals surface area contributed by atoms with Crippen LogP contribution in [0.2, 0.25) is 0 Å². The predicted molar refractivity (Wildman–Crippen MR) is 111 cm³/mol. The van der Waals surface area contributed by atoms with Crippen LogP contribution in [0.5, 0.6) is 0 Å². The topological polar surface area (TPSA) is 72.5 Å². The fourth-order valence-electron chi connectivity index (χ4n) is 2.96. The first-order valence-corrected chi connectivity index (χ1v) is 9.39. The number of benzene rings is 3. The summed E-state index contributed by atoms with van der Waals surface area (Å²) in [4.78, 5) is 37.6. The van der Waals surface area contributed by atoms with Crippen molar-refractivity contribution in [3.63, 3.8) is 0 Å². The Balaban J connectivity index is 1.72. The van der Waals surface area contributed by atoms with Crippen LogP contribution in [-0.4, -0.2) is 24.3 Å². The number of anilines is 1. The second-order valence-electron chi connectivity index (χ2n) is 6.95. The average molecular weight is 423 g/mol. The van der Waals surface area contributed by atoms with Gasteiger partial charge in [0.25, 0.3) is 5.91 Å². The summed E-state index contributed by atoms with van der Waals surface area (Å²) in [6.45, 7) is 3.00. The van der Waals surface area contributed by atoms with Gasteiger partial charge in [-0.2, -0.15) is 0 Å². The quantitative estimate of drug-likeness (QED) is 0.464. The van der Waals surface area contributed by atoms with Crippen LogP contribution in [0.3, 0.4) is 0 Å². The highest BCUT2D eigenvalue weighted by Crippen LogP contribution is 2.20. The van der Waals surface area contributed by atoms with Crippen molar-refractivity contribution in [2.75, 3.05) is 11.9 Å². The number of esters is 1. The standard InChI is InChI=1S/C24H19F2NO4/c1-14-7-8-15(2)19(11-14)23(29)17-5-3-4-6-18(17)24(30)31-13-22(28)27-16-9-10-20(25)21(26)12-16/h3-12H,13H2,1-2H3,(H,27,28). The number of carbonyl (C=O) groups is 3. The van der Waals surface area contributed by atoms with Gasteiger partial charge < -0.3 is 10.1 Å². The van der Waals surface area contributed by atoms with E-state index in [-0.39, 0.29) is 22.6 Å². The van der Waals surface area contributed by atoms with Crippen molar-refractivity contribution in [3.05, 3.63) is 100 Å². The Kier molecular flexibility index (Phi) is 6.55. The number of carbonyl (C=O) groups excluding carboxylic acids is 3. The Bertz CT molecular complexity index is 1170. The van der Waals surface area contributed by atoms with Crippen LogP contribution in [0.1, 0.15) is 37.4 Å². The van der Waals surface area contributed by atoms with Crippen LogP contribution < -0.4 is 5.32 Å². The molecule has 31 heavy (non-hydrogen) atoms. The lowest BCUT2D eigenvalue weighted by atomic mass is 9.94. The number of nitrogens with one attached hydrogen (secondary N) is 1. The number of rotatable bonds is 6. The van der Waals surface area contributed by atoms with Gasteiger partial charge in [0.2, 0.25) is 0 Å². The zero-order chi connectivity index (χ0) is 22.5. The van der Waals surface area contributed by atoms with Gasteiger partial charge in [-0.1, -0.05) is 35.9 Å². The minimum Gasteiger partial charge on any atom is -0.452 e. The largest absolute Gasteiger partial charge is 0.452 e. The lowest BCUT2D eigenvalue weighted by Gasteiger charge is -2.11. The summed E-state index contributed by atoms with van der Waals surface area (Å²) >= 11 is 0. The van der Waals surface area contributed by atoms with Gasteiger partial charge in [0, 0.05) is 22.9 Å². The number of ketones is 1. The highest BCUT2D eigenvalue weighted by Gasteiger charge is 2.21. The van der Waals surface area contributed by atoms with Gasteiger partial charge in [-0.05, 0) is 43.7 Å². The molecule has 0 radical (unpaired) electrons. The lowest BCUT2D eigenvalue weighted by Crippen LogP contribution is -2.22. The molecule has 1 amide bonds. The lowest BCUT2D eigenvalue weighted by molar-refractivity contribution is -0.119. The maximum Gasteiger partial charge on any atom is 0.339 e. The van der Waals surface area contributed by atoms with Crippen molar-refractivity contribution < 1.29 is 27.9 Å². The Morgan fingerprint density at radius 2 is 1.55 bits per heavy atom. The first-order valence-electron chi connectivity index (χ1n) is 9.39. The summed E-state index contributed by atoms with van der Waals surface area (Å²) in [5.74, 6) is -4.09. The summed E-state index contributed by atoms with van der Waals surface area (Å²) in [6.07, 6.45) is 0. The zero-order valence-corrected chi connectivity index (χ0v) is 16.9. The average Bonchev–Trinajstić information content (AvgIpc) is 2.76. The maximum atomic E-state index is 13.2. The number of hydrogen-bond acceptors (Lipinski definition) is 4. The molecule has 0 fully saturated rings. The van der Waals surface area contributed by atoms with E-state index in [4.69, 9.17) is 4.74 Å². The molecule has 3 aromatic carbocycles. The van der Waals surface area contributed by atoms with Gasteiger partial charge in [0.15, 0.2) is 24.0 Å². The monoisotopic (exact) mass is 423 g/mol.